The minimum Gasteiger partial charge on any atom is -0.379 e. The Morgan fingerprint density at radius 3 is 2.88 bits per heavy atom. The Morgan fingerprint density at radius 2 is 2.25 bits per heavy atom. The SMILES string of the molecule is CCCCOCCOC(CN)c1cccs1. The zero-order valence-corrected chi connectivity index (χ0v) is 10.7. The van der Waals surface area contributed by atoms with Gasteiger partial charge in [-0.05, 0) is 17.9 Å². The molecule has 1 atom stereocenters. The van der Waals surface area contributed by atoms with Crippen molar-refractivity contribution in [3.63, 3.8) is 0 Å². The fraction of sp³-hybridized carbons (Fsp3) is 0.667. The molecule has 0 spiro atoms. The molecule has 0 aliphatic heterocycles. The number of hydrogen-bond donors (Lipinski definition) is 1. The molecule has 92 valence electrons. The molecule has 4 heteroatoms. The van der Waals surface area contributed by atoms with Crippen LogP contribution in [-0.2, 0) is 9.47 Å². The van der Waals surface area contributed by atoms with Crippen LogP contribution in [0.3, 0.4) is 0 Å². The predicted octanol–water partition coefficient (Wildman–Crippen LogP) is 2.58. The molecule has 1 aromatic rings. The summed E-state index contributed by atoms with van der Waals surface area (Å²) in [6.45, 7) is 4.77. The quantitative estimate of drug-likeness (QED) is 0.678. The van der Waals surface area contributed by atoms with E-state index in [0.717, 1.165) is 13.0 Å². The van der Waals surface area contributed by atoms with Gasteiger partial charge in [0.15, 0.2) is 0 Å². The van der Waals surface area contributed by atoms with Crippen molar-refractivity contribution in [3.05, 3.63) is 22.4 Å². The molecule has 0 fully saturated rings. The number of hydrogen-bond acceptors (Lipinski definition) is 4. The van der Waals surface area contributed by atoms with Gasteiger partial charge in [0.2, 0.25) is 0 Å². The summed E-state index contributed by atoms with van der Waals surface area (Å²) >= 11 is 1.68. The van der Waals surface area contributed by atoms with E-state index in [2.05, 4.69) is 13.0 Å². The van der Waals surface area contributed by atoms with Crippen molar-refractivity contribution >= 4 is 11.3 Å². The van der Waals surface area contributed by atoms with E-state index in [0.29, 0.717) is 19.8 Å². The highest BCUT2D eigenvalue weighted by molar-refractivity contribution is 7.10. The third-order valence-corrected chi connectivity index (χ3v) is 3.23. The summed E-state index contributed by atoms with van der Waals surface area (Å²) in [6.07, 6.45) is 2.31. The summed E-state index contributed by atoms with van der Waals surface area (Å²) in [7, 11) is 0. The summed E-state index contributed by atoms with van der Waals surface area (Å²) in [5.74, 6) is 0. The highest BCUT2D eigenvalue weighted by atomic mass is 32.1. The lowest BCUT2D eigenvalue weighted by atomic mass is 10.3. The van der Waals surface area contributed by atoms with Crippen LogP contribution in [0.15, 0.2) is 17.5 Å². The second-order valence-corrected chi connectivity index (χ2v) is 4.56. The van der Waals surface area contributed by atoms with Crippen LogP contribution >= 0.6 is 11.3 Å². The van der Waals surface area contributed by atoms with E-state index in [9.17, 15) is 0 Å². The molecule has 0 bridgehead atoms. The third kappa shape index (κ3) is 5.07. The highest BCUT2D eigenvalue weighted by Gasteiger charge is 2.10. The van der Waals surface area contributed by atoms with E-state index >= 15 is 0 Å². The van der Waals surface area contributed by atoms with Crippen LogP contribution in [0.25, 0.3) is 0 Å². The maximum atomic E-state index is 5.68. The predicted molar refractivity (Wildman–Crippen MR) is 67.8 cm³/mol. The zero-order valence-electron chi connectivity index (χ0n) is 9.85. The summed E-state index contributed by atoms with van der Waals surface area (Å²) in [5, 5.41) is 2.04. The van der Waals surface area contributed by atoms with Gasteiger partial charge in [-0.3, -0.25) is 0 Å². The second kappa shape index (κ2) is 8.70. The largest absolute Gasteiger partial charge is 0.379 e. The zero-order chi connectivity index (χ0) is 11.6. The number of unbranched alkanes of at least 4 members (excludes halogenated alkanes) is 1. The molecule has 0 saturated carbocycles. The van der Waals surface area contributed by atoms with Crippen molar-refractivity contribution in [1.82, 2.24) is 0 Å². The Labute approximate surface area is 102 Å². The molecule has 0 aromatic carbocycles. The summed E-state index contributed by atoms with van der Waals surface area (Å²) in [5.41, 5.74) is 5.67. The van der Waals surface area contributed by atoms with Crippen LogP contribution in [0.1, 0.15) is 30.7 Å². The summed E-state index contributed by atoms with van der Waals surface area (Å²) < 4.78 is 11.1. The van der Waals surface area contributed by atoms with Gasteiger partial charge < -0.3 is 15.2 Å². The average molecular weight is 243 g/mol. The molecule has 1 aromatic heterocycles. The molecule has 0 radical (unpaired) electrons. The van der Waals surface area contributed by atoms with E-state index in [1.54, 1.807) is 11.3 Å². The monoisotopic (exact) mass is 243 g/mol. The molecule has 1 unspecified atom stereocenters. The second-order valence-electron chi connectivity index (χ2n) is 3.58. The Hall–Kier alpha value is -0.420. The van der Waals surface area contributed by atoms with Gasteiger partial charge in [0.25, 0.3) is 0 Å². The minimum absolute atomic E-state index is 0.0229. The lowest BCUT2D eigenvalue weighted by molar-refractivity contribution is 0.00835. The fourth-order valence-electron chi connectivity index (χ4n) is 1.34. The average Bonchev–Trinajstić information content (AvgIpc) is 2.82. The van der Waals surface area contributed by atoms with Gasteiger partial charge in [-0.1, -0.05) is 19.4 Å². The van der Waals surface area contributed by atoms with Gasteiger partial charge in [-0.15, -0.1) is 11.3 Å². The third-order valence-electron chi connectivity index (χ3n) is 2.26. The molecule has 0 amide bonds. The van der Waals surface area contributed by atoms with Crippen LogP contribution in [0, 0.1) is 0 Å². The molecular formula is C12H21NO2S. The van der Waals surface area contributed by atoms with Gasteiger partial charge in [-0.2, -0.15) is 0 Å². The van der Waals surface area contributed by atoms with Gasteiger partial charge >= 0.3 is 0 Å². The molecule has 3 nitrogen and oxygen atoms in total. The van der Waals surface area contributed by atoms with Crippen LogP contribution in [-0.4, -0.2) is 26.4 Å². The molecule has 1 rings (SSSR count). The first kappa shape index (κ1) is 13.6. The van der Waals surface area contributed by atoms with Crippen LogP contribution in [0.4, 0.5) is 0 Å². The van der Waals surface area contributed by atoms with Gasteiger partial charge in [0.1, 0.15) is 6.10 Å². The maximum Gasteiger partial charge on any atom is 0.104 e. The van der Waals surface area contributed by atoms with E-state index < -0.39 is 0 Å². The fourth-order valence-corrected chi connectivity index (χ4v) is 2.13. The smallest absolute Gasteiger partial charge is 0.104 e. The first-order valence-electron chi connectivity index (χ1n) is 5.81. The first-order valence-corrected chi connectivity index (χ1v) is 6.69. The Balaban J connectivity index is 2.11. The van der Waals surface area contributed by atoms with E-state index in [4.69, 9.17) is 15.2 Å². The Morgan fingerprint density at radius 1 is 1.38 bits per heavy atom. The molecule has 2 N–H and O–H groups in total. The maximum absolute atomic E-state index is 5.68. The number of nitrogens with two attached hydrogens (primary N) is 1. The number of thiophene rings is 1. The Kier molecular flexibility index (Phi) is 7.42. The highest BCUT2D eigenvalue weighted by Crippen LogP contribution is 2.21. The summed E-state index contributed by atoms with van der Waals surface area (Å²) in [4.78, 5) is 1.19. The number of rotatable bonds is 9. The van der Waals surface area contributed by atoms with Gasteiger partial charge in [0, 0.05) is 18.0 Å². The molecule has 0 aliphatic carbocycles. The Bertz CT molecular complexity index is 252. The summed E-state index contributed by atoms with van der Waals surface area (Å²) in [6, 6.07) is 4.07. The molecule has 0 saturated heterocycles. The van der Waals surface area contributed by atoms with Crippen molar-refractivity contribution in [2.24, 2.45) is 5.73 Å². The minimum atomic E-state index is 0.0229. The van der Waals surface area contributed by atoms with Crippen LogP contribution in [0.5, 0.6) is 0 Å². The van der Waals surface area contributed by atoms with Crippen molar-refractivity contribution in [2.45, 2.75) is 25.9 Å². The topological polar surface area (TPSA) is 44.5 Å². The van der Waals surface area contributed by atoms with Crippen molar-refractivity contribution in [1.29, 1.82) is 0 Å². The van der Waals surface area contributed by atoms with Crippen molar-refractivity contribution < 1.29 is 9.47 Å². The van der Waals surface area contributed by atoms with Crippen molar-refractivity contribution in [2.75, 3.05) is 26.4 Å². The molecule has 0 aliphatic rings. The van der Waals surface area contributed by atoms with Gasteiger partial charge in [0.05, 0.1) is 13.2 Å². The lowest BCUT2D eigenvalue weighted by Gasteiger charge is -2.14. The van der Waals surface area contributed by atoms with E-state index in [-0.39, 0.29) is 6.10 Å². The van der Waals surface area contributed by atoms with E-state index in [1.165, 1.54) is 11.3 Å². The van der Waals surface area contributed by atoms with E-state index in [1.807, 2.05) is 11.4 Å². The van der Waals surface area contributed by atoms with Crippen molar-refractivity contribution in [3.8, 4) is 0 Å². The van der Waals surface area contributed by atoms with Gasteiger partial charge in [-0.25, -0.2) is 0 Å². The van der Waals surface area contributed by atoms with Crippen LogP contribution < -0.4 is 5.73 Å². The number of ether oxygens (including phenoxy) is 2. The van der Waals surface area contributed by atoms with Crippen LogP contribution in [0.2, 0.25) is 0 Å². The lowest BCUT2D eigenvalue weighted by Crippen LogP contribution is -2.17. The standard InChI is InChI=1S/C12H21NO2S/c1-2-3-6-14-7-8-15-11(10-13)12-5-4-9-16-12/h4-5,9,11H,2-3,6-8,10,13H2,1H3. The normalized spacial score (nSPS) is 12.9. The first-order chi connectivity index (χ1) is 7.88. The molecule has 1 heterocycles. The molecular weight excluding hydrogens is 222 g/mol. The molecule has 16 heavy (non-hydrogen) atoms.